The van der Waals surface area contributed by atoms with Crippen molar-refractivity contribution in [2.75, 3.05) is 14.1 Å². The average molecular weight is 207 g/mol. The highest BCUT2D eigenvalue weighted by Crippen LogP contribution is 2.16. The minimum Gasteiger partial charge on any atom is -0.331 e. The van der Waals surface area contributed by atoms with Gasteiger partial charge in [-0.25, -0.2) is 4.79 Å². The van der Waals surface area contributed by atoms with Gasteiger partial charge >= 0.3 is 6.03 Å². The van der Waals surface area contributed by atoms with E-state index < -0.39 is 5.54 Å². The smallest absolute Gasteiger partial charge is 0.317 e. The lowest BCUT2D eigenvalue weighted by molar-refractivity contribution is 0.205. The molecule has 0 saturated carbocycles. The molecule has 1 N–H and O–H groups in total. The van der Waals surface area contributed by atoms with Crippen molar-refractivity contribution < 1.29 is 4.79 Å². The number of nitrogens with zero attached hydrogens (tertiary/aromatic N) is 2. The molecular formula is C11H17N3O. The van der Waals surface area contributed by atoms with E-state index in [1.165, 1.54) is 4.90 Å². The number of nitrogens with one attached hydrogen (secondary N) is 1. The Kier molecular flexibility index (Phi) is 3.29. The molecule has 2 amide bonds. The van der Waals surface area contributed by atoms with E-state index in [2.05, 4.69) is 10.3 Å². The maximum atomic E-state index is 11.5. The van der Waals surface area contributed by atoms with Crippen molar-refractivity contribution in [3.8, 4) is 0 Å². The molecule has 0 spiro atoms. The Morgan fingerprint density at radius 3 is 2.53 bits per heavy atom. The van der Waals surface area contributed by atoms with Crippen LogP contribution in [-0.4, -0.2) is 30.0 Å². The van der Waals surface area contributed by atoms with Gasteiger partial charge in [-0.2, -0.15) is 0 Å². The van der Waals surface area contributed by atoms with E-state index in [1.807, 2.05) is 32.0 Å². The van der Waals surface area contributed by atoms with Crippen molar-refractivity contribution in [1.82, 2.24) is 15.2 Å². The maximum Gasteiger partial charge on any atom is 0.317 e. The molecular weight excluding hydrogens is 190 g/mol. The number of rotatable bonds is 2. The Labute approximate surface area is 90.3 Å². The van der Waals surface area contributed by atoms with E-state index >= 15 is 0 Å². The zero-order valence-electron chi connectivity index (χ0n) is 9.61. The van der Waals surface area contributed by atoms with Crippen molar-refractivity contribution in [3.05, 3.63) is 30.1 Å². The van der Waals surface area contributed by atoms with Crippen LogP contribution in [0.3, 0.4) is 0 Å². The Balaban J connectivity index is 2.80. The van der Waals surface area contributed by atoms with Gasteiger partial charge in [0.1, 0.15) is 0 Å². The monoisotopic (exact) mass is 207 g/mol. The van der Waals surface area contributed by atoms with E-state index in [9.17, 15) is 4.79 Å². The summed E-state index contributed by atoms with van der Waals surface area (Å²) in [7, 11) is 3.42. The van der Waals surface area contributed by atoms with E-state index in [0.29, 0.717) is 0 Å². The van der Waals surface area contributed by atoms with Crippen LogP contribution in [0.4, 0.5) is 4.79 Å². The molecule has 4 heteroatoms. The van der Waals surface area contributed by atoms with E-state index in [1.54, 1.807) is 20.3 Å². The van der Waals surface area contributed by atoms with Crippen molar-refractivity contribution in [1.29, 1.82) is 0 Å². The van der Waals surface area contributed by atoms with E-state index in [0.717, 1.165) is 5.69 Å². The second-order valence-electron chi connectivity index (χ2n) is 4.16. The Bertz CT molecular complexity index is 333. The highest BCUT2D eigenvalue weighted by atomic mass is 16.2. The number of amides is 2. The van der Waals surface area contributed by atoms with Gasteiger partial charge in [-0.3, -0.25) is 4.98 Å². The van der Waals surface area contributed by atoms with Gasteiger partial charge in [-0.15, -0.1) is 0 Å². The molecule has 0 bridgehead atoms. The van der Waals surface area contributed by atoms with Crippen molar-refractivity contribution in [2.45, 2.75) is 19.4 Å². The average Bonchev–Trinajstić information content (AvgIpc) is 2.18. The number of aromatic nitrogens is 1. The van der Waals surface area contributed by atoms with Crippen LogP contribution in [0.1, 0.15) is 19.5 Å². The SMILES string of the molecule is CN(C)C(=O)NC(C)(C)c1ccccn1. The fourth-order valence-corrected chi connectivity index (χ4v) is 1.18. The highest BCUT2D eigenvalue weighted by Gasteiger charge is 2.24. The van der Waals surface area contributed by atoms with Gasteiger partial charge in [0.15, 0.2) is 0 Å². The molecule has 0 aliphatic carbocycles. The Morgan fingerprint density at radius 2 is 2.07 bits per heavy atom. The van der Waals surface area contributed by atoms with Gasteiger partial charge in [0.2, 0.25) is 0 Å². The van der Waals surface area contributed by atoms with Gasteiger partial charge < -0.3 is 10.2 Å². The number of hydrogen-bond acceptors (Lipinski definition) is 2. The zero-order chi connectivity index (χ0) is 11.5. The first kappa shape index (κ1) is 11.5. The predicted molar refractivity (Wildman–Crippen MR) is 59.5 cm³/mol. The van der Waals surface area contributed by atoms with Crippen LogP contribution in [-0.2, 0) is 5.54 Å². The summed E-state index contributed by atoms with van der Waals surface area (Å²) in [5, 5.41) is 2.90. The third-order valence-corrected chi connectivity index (χ3v) is 2.13. The van der Waals surface area contributed by atoms with Gasteiger partial charge in [-0.1, -0.05) is 6.07 Å². The molecule has 0 aliphatic rings. The van der Waals surface area contributed by atoms with Crippen LogP contribution < -0.4 is 5.32 Å². The summed E-state index contributed by atoms with van der Waals surface area (Å²) in [6.45, 7) is 3.85. The van der Waals surface area contributed by atoms with Crippen LogP contribution in [0.2, 0.25) is 0 Å². The number of carbonyl (C=O) groups excluding carboxylic acids is 1. The second kappa shape index (κ2) is 4.29. The summed E-state index contributed by atoms with van der Waals surface area (Å²) in [4.78, 5) is 17.3. The lowest BCUT2D eigenvalue weighted by Gasteiger charge is -2.27. The quantitative estimate of drug-likeness (QED) is 0.800. The molecule has 1 aromatic heterocycles. The molecule has 0 fully saturated rings. The molecule has 0 aromatic carbocycles. The molecule has 0 aliphatic heterocycles. The summed E-state index contributed by atoms with van der Waals surface area (Å²) < 4.78 is 0. The highest BCUT2D eigenvalue weighted by molar-refractivity contribution is 5.74. The van der Waals surface area contributed by atoms with E-state index in [-0.39, 0.29) is 6.03 Å². The minimum atomic E-state index is -0.456. The first-order chi connectivity index (χ1) is 6.93. The zero-order valence-corrected chi connectivity index (χ0v) is 9.61. The molecule has 1 rings (SSSR count). The van der Waals surface area contributed by atoms with Gasteiger partial charge in [0, 0.05) is 20.3 Å². The molecule has 1 aromatic rings. The Morgan fingerprint density at radius 1 is 1.40 bits per heavy atom. The minimum absolute atomic E-state index is 0.120. The fraction of sp³-hybridized carbons (Fsp3) is 0.455. The largest absolute Gasteiger partial charge is 0.331 e. The summed E-state index contributed by atoms with van der Waals surface area (Å²) in [6.07, 6.45) is 1.72. The first-order valence-electron chi connectivity index (χ1n) is 4.84. The lowest BCUT2D eigenvalue weighted by Crippen LogP contribution is -2.46. The summed E-state index contributed by atoms with van der Waals surface area (Å²) in [5.41, 5.74) is 0.392. The van der Waals surface area contributed by atoms with Gasteiger partial charge in [0.25, 0.3) is 0 Å². The third kappa shape index (κ3) is 2.94. The van der Waals surface area contributed by atoms with Crippen LogP contribution in [0, 0.1) is 0 Å². The second-order valence-corrected chi connectivity index (χ2v) is 4.16. The van der Waals surface area contributed by atoms with Gasteiger partial charge in [0.05, 0.1) is 11.2 Å². The molecule has 4 nitrogen and oxygen atoms in total. The van der Waals surface area contributed by atoms with Crippen molar-refractivity contribution in [3.63, 3.8) is 0 Å². The predicted octanol–water partition coefficient (Wildman–Crippen LogP) is 1.59. The van der Waals surface area contributed by atoms with Crippen LogP contribution in [0.15, 0.2) is 24.4 Å². The molecule has 82 valence electrons. The van der Waals surface area contributed by atoms with Crippen LogP contribution in [0.25, 0.3) is 0 Å². The topological polar surface area (TPSA) is 45.2 Å². The molecule has 1 heterocycles. The standard InChI is InChI=1S/C11H17N3O/c1-11(2,13-10(15)14(3)4)9-7-5-6-8-12-9/h5-8H,1-4H3,(H,13,15). The lowest BCUT2D eigenvalue weighted by atomic mass is 10.0. The van der Waals surface area contributed by atoms with Gasteiger partial charge in [-0.05, 0) is 26.0 Å². The summed E-state index contributed by atoms with van der Waals surface area (Å²) in [5.74, 6) is 0. The molecule has 0 saturated heterocycles. The summed E-state index contributed by atoms with van der Waals surface area (Å²) >= 11 is 0. The fourth-order valence-electron chi connectivity index (χ4n) is 1.18. The van der Waals surface area contributed by atoms with Crippen LogP contribution in [0.5, 0.6) is 0 Å². The van der Waals surface area contributed by atoms with Crippen molar-refractivity contribution >= 4 is 6.03 Å². The number of pyridine rings is 1. The van der Waals surface area contributed by atoms with Crippen molar-refractivity contribution in [2.24, 2.45) is 0 Å². The number of urea groups is 1. The normalized spacial score (nSPS) is 10.9. The molecule has 0 radical (unpaired) electrons. The maximum absolute atomic E-state index is 11.5. The number of carbonyl (C=O) groups is 1. The molecule has 0 atom stereocenters. The number of hydrogen-bond donors (Lipinski definition) is 1. The molecule has 15 heavy (non-hydrogen) atoms. The molecule has 0 unspecified atom stereocenters. The van der Waals surface area contributed by atoms with Crippen LogP contribution >= 0.6 is 0 Å². The first-order valence-corrected chi connectivity index (χ1v) is 4.84. The third-order valence-electron chi connectivity index (χ3n) is 2.13. The summed E-state index contributed by atoms with van der Waals surface area (Å²) in [6, 6.07) is 5.54. The van der Waals surface area contributed by atoms with E-state index in [4.69, 9.17) is 0 Å². The Hall–Kier alpha value is -1.58.